The van der Waals surface area contributed by atoms with Crippen molar-refractivity contribution in [2.75, 3.05) is 13.2 Å². The van der Waals surface area contributed by atoms with Crippen LogP contribution in [0.1, 0.15) is 18.9 Å². The highest BCUT2D eigenvalue weighted by atomic mass is 16.7. The molecule has 0 amide bonds. The van der Waals surface area contributed by atoms with E-state index in [1.807, 2.05) is 37.3 Å². The molecular weight excluding hydrogens is 218 g/mol. The Kier molecular flexibility index (Phi) is 4.12. The number of carbonyl (C=O) groups excluding carboxylic acids is 1. The van der Waals surface area contributed by atoms with Gasteiger partial charge in [0.05, 0.1) is 13.2 Å². The number of hydrogen-bond donors (Lipinski definition) is 0. The van der Waals surface area contributed by atoms with Crippen molar-refractivity contribution < 1.29 is 14.4 Å². The molecular formula is C13H17NO3. The van der Waals surface area contributed by atoms with Gasteiger partial charge in [-0.15, -0.1) is 0 Å². The van der Waals surface area contributed by atoms with Gasteiger partial charge in [0.1, 0.15) is 6.04 Å². The molecule has 0 radical (unpaired) electrons. The first-order chi connectivity index (χ1) is 8.31. The summed E-state index contributed by atoms with van der Waals surface area (Å²) >= 11 is 0. The van der Waals surface area contributed by atoms with Crippen LogP contribution in [0.5, 0.6) is 0 Å². The molecule has 0 aromatic heterocycles. The maximum absolute atomic E-state index is 11.5. The molecule has 0 N–H and O–H groups in total. The average Bonchev–Trinajstić information content (AvgIpc) is 2.29. The first-order valence-electron chi connectivity index (χ1n) is 5.91. The van der Waals surface area contributed by atoms with E-state index in [1.165, 1.54) is 0 Å². The molecule has 2 rings (SSSR count). The van der Waals surface area contributed by atoms with Gasteiger partial charge in [-0.05, 0) is 18.9 Å². The van der Waals surface area contributed by atoms with Crippen molar-refractivity contribution in [1.82, 2.24) is 5.06 Å². The molecule has 1 aromatic carbocycles. The Bertz CT molecular complexity index is 366. The van der Waals surface area contributed by atoms with Crippen molar-refractivity contribution in [3.63, 3.8) is 0 Å². The van der Waals surface area contributed by atoms with E-state index < -0.39 is 0 Å². The zero-order valence-corrected chi connectivity index (χ0v) is 9.96. The minimum absolute atomic E-state index is 0.188. The third-order valence-corrected chi connectivity index (χ3v) is 2.77. The van der Waals surface area contributed by atoms with Crippen LogP contribution in [0.3, 0.4) is 0 Å². The number of hydrogen-bond acceptors (Lipinski definition) is 4. The highest BCUT2D eigenvalue weighted by molar-refractivity contribution is 5.76. The number of benzene rings is 1. The van der Waals surface area contributed by atoms with Crippen molar-refractivity contribution in [1.29, 1.82) is 0 Å². The molecule has 0 aliphatic carbocycles. The van der Waals surface area contributed by atoms with E-state index in [4.69, 9.17) is 9.57 Å². The summed E-state index contributed by atoms with van der Waals surface area (Å²) in [5, 5.41) is 1.70. The summed E-state index contributed by atoms with van der Waals surface area (Å²) in [6, 6.07) is 9.68. The third kappa shape index (κ3) is 3.05. The second kappa shape index (κ2) is 5.80. The van der Waals surface area contributed by atoms with Crippen LogP contribution in [0.25, 0.3) is 0 Å². The monoisotopic (exact) mass is 235 g/mol. The van der Waals surface area contributed by atoms with Gasteiger partial charge in [0.25, 0.3) is 0 Å². The summed E-state index contributed by atoms with van der Waals surface area (Å²) < 4.78 is 4.97. The standard InChI is InChI=1S/C13H17NO3/c1-2-16-13(15)12-8-9-14(12)17-10-11-6-4-3-5-7-11/h3-7,12H,2,8-10H2,1H3. The first kappa shape index (κ1) is 12.1. The van der Waals surface area contributed by atoms with Crippen LogP contribution >= 0.6 is 0 Å². The molecule has 1 aliphatic rings. The Hall–Kier alpha value is -1.39. The predicted molar refractivity (Wildman–Crippen MR) is 63.0 cm³/mol. The SMILES string of the molecule is CCOC(=O)C1CCN1OCc1ccccc1. The molecule has 4 heteroatoms. The molecule has 1 unspecified atom stereocenters. The van der Waals surface area contributed by atoms with Crippen LogP contribution in [-0.2, 0) is 21.0 Å². The fraction of sp³-hybridized carbons (Fsp3) is 0.462. The van der Waals surface area contributed by atoms with Crippen molar-refractivity contribution in [2.45, 2.75) is 26.0 Å². The third-order valence-electron chi connectivity index (χ3n) is 2.77. The lowest BCUT2D eigenvalue weighted by Crippen LogP contribution is -2.52. The quantitative estimate of drug-likeness (QED) is 0.729. The van der Waals surface area contributed by atoms with E-state index in [9.17, 15) is 4.79 Å². The Balaban J connectivity index is 1.78. The zero-order valence-electron chi connectivity index (χ0n) is 9.96. The second-order valence-corrected chi connectivity index (χ2v) is 3.96. The number of hydroxylamine groups is 2. The van der Waals surface area contributed by atoms with Crippen molar-refractivity contribution >= 4 is 5.97 Å². The number of carbonyl (C=O) groups is 1. The molecule has 1 saturated heterocycles. The molecule has 4 nitrogen and oxygen atoms in total. The Morgan fingerprint density at radius 2 is 2.18 bits per heavy atom. The van der Waals surface area contributed by atoms with Gasteiger partial charge in [0.2, 0.25) is 0 Å². The predicted octanol–water partition coefficient (Wildman–Crippen LogP) is 1.76. The average molecular weight is 235 g/mol. The molecule has 1 aliphatic heterocycles. The number of ether oxygens (including phenoxy) is 1. The van der Waals surface area contributed by atoms with E-state index in [0.717, 1.165) is 18.5 Å². The first-order valence-corrected chi connectivity index (χ1v) is 5.91. The Labute approximate surface area is 101 Å². The van der Waals surface area contributed by atoms with Crippen LogP contribution in [0.4, 0.5) is 0 Å². The molecule has 92 valence electrons. The van der Waals surface area contributed by atoms with Gasteiger partial charge < -0.3 is 4.74 Å². The van der Waals surface area contributed by atoms with Gasteiger partial charge in [0, 0.05) is 6.54 Å². The second-order valence-electron chi connectivity index (χ2n) is 3.96. The van der Waals surface area contributed by atoms with Gasteiger partial charge >= 0.3 is 5.97 Å². The van der Waals surface area contributed by atoms with Crippen molar-refractivity contribution in [3.8, 4) is 0 Å². The van der Waals surface area contributed by atoms with E-state index >= 15 is 0 Å². The van der Waals surface area contributed by atoms with E-state index in [2.05, 4.69) is 0 Å². The smallest absolute Gasteiger partial charge is 0.325 e. The van der Waals surface area contributed by atoms with Crippen LogP contribution in [-0.4, -0.2) is 30.2 Å². The summed E-state index contributed by atoms with van der Waals surface area (Å²) in [4.78, 5) is 17.1. The van der Waals surface area contributed by atoms with Gasteiger partial charge in [0.15, 0.2) is 0 Å². The molecule has 1 atom stereocenters. The van der Waals surface area contributed by atoms with Gasteiger partial charge in [-0.1, -0.05) is 30.3 Å². The number of nitrogens with zero attached hydrogens (tertiary/aromatic N) is 1. The number of rotatable bonds is 5. The van der Waals surface area contributed by atoms with Gasteiger partial charge in [-0.2, -0.15) is 5.06 Å². The molecule has 0 bridgehead atoms. The topological polar surface area (TPSA) is 38.8 Å². The largest absolute Gasteiger partial charge is 0.465 e. The molecule has 1 fully saturated rings. The van der Waals surface area contributed by atoms with Crippen LogP contribution in [0, 0.1) is 0 Å². The number of esters is 1. The molecule has 0 saturated carbocycles. The highest BCUT2D eigenvalue weighted by Crippen LogP contribution is 2.20. The van der Waals surface area contributed by atoms with Crippen LogP contribution in [0.2, 0.25) is 0 Å². The highest BCUT2D eigenvalue weighted by Gasteiger charge is 2.36. The van der Waals surface area contributed by atoms with E-state index in [-0.39, 0.29) is 12.0 Å². The molecule has 1 heterocycles. The Morgan fingerprint density at radius 3 is 2.76 bits per heavy atom. The summed E-state index contributed by atoms with van der Waals surface area (Å²) in [6.45, 7) is 3.51. The summed E-state index contributed by atoms with van der Waals surface area (Å²) in [7, 11) is 0. The lowest BCUT2D eigenvalue weighted by Gasteiger charge is -2.37. The van der Waals surface area contributed by atoms with Gasteiger partial charge in [-0.25, -0.2) is 0 Å². The van der Waals surface area contributed by atoms with Gasteiger partial charge in [-0.3, -0.25) is 9.63 Å². The maximum Gasteiger partial charge on any atom is 0.325 e. The lowest BCUT2D eigenvalue weighted by molar-refractivity contribution is -0.244. The maximum atomic E-state index is 11.5. The summed E-state index contributed by atoms with van der Waals surface area (Å²) in [5.74, 6) is -0.188. The van der Waals surface area contributed by atoms with Crippen LogP contribution in [0.15, 0.2) is 30.3 Å². The molecule has 17 heavy (non-hydrogen) atoms. The van der Waals surface area contributed by atoms with Crippen molar-refractivity contribution in [3.05, 3.63) is 35.9 Å². The fourth-order valence-electron chi connectivity index (χ4n) is 1.72. The summed E-state index contributed by atoms with van der Waals surface area (Å²) in [5.41, 5.74) is 1.10. The minimum atomic E-state index is -0.223. The van der Waals surface area contributed by atoms with Crippen LogP contribution < -0.4 is 0 Å². The summed E-state index contributed by atoms with van der Waals surface area (Å²) in [6.07, 6.45) is 0.813. The van der Waals surface area contributed by atoms with Crippen molar-refractivity contribution in [2.24, 2.45) is 0 Å². The lowest BCUT2D eigenvalue weighted by atomic mass is 10.1. The molecule has 1 aromatic rings. The minimum Gasteiger partial charge on any atom is -0.465 e. The normalized spacial score (nSPS) is 19.7. The van der Waals surface area contributed by atoms with E-state index in [0.29, 0.717) is 13.2 Å². The zero-order chi connectivity index (χ0) is 12.1. The molecule has 0 spiro atoms. The fourth-order valence-corrected chi connectivity index (χ4v) is 1.72. The van der Waals surface area contributed by atoms with E-state index in [1.54, 1.807) is 5.06 Å². The Morgan fingerprint density at radius 1 is 1.41 bits per heavy atom.